The number of rotatable bonds is 8. The Morgan fingerprint density at radius 3 is 2.48 bits per heavy atom. The first-order valence-corrected chi connectivity index (χ1v) is 12.5. The lowest BCUT2D eigenvalue weighted by Crippen LogP contribution is -2.48. The maximum Gasteiger partial charge on any atom is 0.243 e. The Morgan fingerprint density at radius 1 is 1.19 bits per heavy atom. The number of aliphatic hydroxyl groups is 1. The Balaban J connectivity index is 1.67. The molecule has 0 saturated carbocycles. The summed E-state index contributed by atoms with van der Waals surface area (Å²) in [6.07, 6.45) is 3.22. The van der Waals surface area contributed by atoms with Gasteiger partial charge < -0.3 is 15.3 Å². The standard InChI is InChI=1S/C22H33N3O5S/c1-16(2)13-18(15-26)23-22(28)17-5-3-11-24(14-17)31(29,30)20-9-7-19(8-10-20)25-12-4-6-21(25)27/h7-10,16-18,26H,3-6,11-15H2,1-2H3,(H,23,28)/t17-,18+/m1/s1. The third kappa shape index (κ3) is 5.64. The minimum atomic E-state index is -3.73. The highest BCUT2D eigenvalue weighted by Gasteiger charge is 2.34. The molecule has 3 rings (SSSR count). The lowest BCUT2D eigenvalue weighted by molar-refractivity contribution is -0.127. The Hall–Kier alpha value is -1.97. The summed E-state index contributed by atoms with van der Waals surface area (Å²) < 4.78 is 27.7. The second-order valence-electron chi connectivity index (χ2n) is 8.86. The fraction of sp³-hybridized carbons (Fsp3) is 0.636. The molecule has 2 amide bonds. The second-order valence-corrected chi connectivity index (χ2v) is 10.8. The number of amides is 2. The van der Waals surface area contributed by atoms with Gasteiger partial charge in [-0.05, 0) is 55.9 Å². The summed E-state index contributed by atoms with van der Waals surface area (Å²) in [7, 11) is -3.73. The van der Waals surface area contributed by atoms with E-state index in [0.29, 0.717) is 50.4 Å². The van der Waals surface area contributed by atoms with E-state index in [0.717, 1.165) is 6.42 Å². The van der Waals surface area contributed by atoms with Crippen LogP contribution in [-0.2, 0) is 19.6 Å². The maximum atomic E-state index is 13.1. The number of hydrogen-bond donors (Lipinski definition) is 2. The number of hydrogen-bond acceptors (Lipinski definition) is 5. The van der Waals surface area contributed by atoms with Crippen LogP contribution in [0, 0.1) is 11.8 Å². The summed E-state index contributed by atoms with van der Waals surface area (Å²) in [5.41, 5.74) is 0.706. The van der Waals surface area contributed by atoms with Gasteiger partial charge in [-0.15, -0.1) is 0 Å². The van der Waals surface area contributed by atoms with Crippen molar-refractivity contribution in [1.29, 1.82) is 0 Å². The zero-order valence-corrected chi connectivity index (χ0v) is 19.1. The molecule has 2 atom stereocenters. The maximum absolute atomic E-state index is 13.1. The van der Waals surface area contributed by atoms with Crippen LogP contribution in [0.1, 0.15) is 46.0 Å². The van der Waals surface area contributed by atoms with Gasteiger partial charge in [-0.3, -0.25) is 9.59 Å². The van der Waals surface area contributed by atoms with Gasteiger partial charge in [0.05, 0.1) is 23.5 Å². The zero-order chi connectivity index (χ0) is 22.6. The lowest BCUT2D eigenvalue weighted by Gasteiger charge is -2.32. The molecular formula is C22H33N3O5S. The third-order valence-electron chi connectivity index (χ3n) is 5.94. The van der Waals surface area contributed by atoms with Gasteiger partial charge in [0.2, 0.25) is 21.8 Å². The summed E-state index contributed by atoms with van der Waals surface area (Å²) >= 11 is 0. The van der Waals surface area contributed by atoms with Gasteiger partial charge in [0.1, 0.15) is 0 Å². The van der Waals surface area contributed by atoms with Crippen molar-refractivity contribution in [2.24, 2.45) is 11.8 Å². The lowest BCUT2D eigenvalue weighted by atomic mass is 9.97. The van der Waals surface area contributed by atoms with Crippen LogP contribution < -0.4 is 10.2 Å². The van der Waals surface area contributed by atoms with Crippen LogP contribution in [0.15, 0.2) is 29.2 Å². The summed E-state index contributed by atoms with van der Waals surface area (Å²) in [5.74, 6) is -0.257. The number of nitrogens with zero attached hydrogens (tertiary/aromatic N) is 2. The van der Waals surface area contributed by atoms with Crippen molar-refractivity contribution in [3.63, 3.8) is 0 Å². The molecule has 2 saturated heterocycles. The van der Waals surface area contributed by atoms with Gasteiger partial charge in [-0.1, -0.05) is 13.8 Å². The van der Waals surface area contributed by atoms with Gasteiger partial charge in [-0.2, -0.15) is 4.31 Å². The molecule has 1 aromatic carbocycles. The fourth-order valence-electron chi connectivity index (χ4n) is 4.31. The number of carbonyl (C=O) groups is 2. The predicted octanol–water partition coefficient (Wildman–Crippen LogP) is 1.74. The average Bonchev–Trinajstić information content (AvgIpc) is 3.19. The third-order valence-corrected chi connectivity index (χ3v) is 7.82. The van der Waals surface area contributed by atoms with Gasteiger partial charge in [0.15, 0.2) is 0 Å². The molecule has 31 heavy (non-hydrogen) atoms. The number of carbonyl (C=O) groups excluding carboxylic acids is 2. The van der Waals surface area contributed by atoms with Crippen molar-refractivity contribution in [1.82, 2.24) is 9.62 Å². The molecule has 9 heteroatoms. The molecule has 172 valence electrons. The zero-order valence-electron chi connectivity index (χ0n) is 18.3. The normalized spacial score (nSPS) is 21.5. The molecule has 0 bridgehead atoms. The van der Waals surface area contributed by atoms with Crippen molar-refractivity contribution in [2.75, 3.05) is 31.1 Å². The van der Waals surface area contributed by atoms with Gasteiger partial charge in [0, 0.05) is 31.7 Å². The molecule has 2 heterocycles. The average molecular weight is 452 g/mol. The molecule has 1 aromatic rings. The van der Waals surface area contributed by atoms with Crippen LogP contribution in [-0.4, -0.2) is 61.9 Å². The van der Waals surface area contributed by atoms with Crippen LogP contribution in [0.3, 0.4) is 0 Å². The first kappa shape index (κ1) is 23.7. The number of sulfonamides is 1. The van der Waals surface area contributed by atoms with Crippen LogP contribution in [0.4, 0.5) is 5.69 Å². The highest BCUT2D eigenvalue weighted by Crippen LogP contribution is 2.27. The molecular weight excluding hydrogens is 418 g/mol. The molecule has 2 aliphatic heterocycles. The number of piperidine rings is 1. The summed E-state index contributed by atoms with van der Waals surface area (Å²) in [6.45, 7) is 5.06. The number of anilines is 1. The predicted molar refractivity (Wildman–Crippen MR) is 118 cm³/mol. The number of benzene rings is 1. The second kappa shape index (κ2) is 10.1. The highest BCUT2D eigenvalue weighted by molar-refractivity contribution is 7.89. The van der Waals surface area contributed by atoms with E-state index in [9.17, 15) is 23.1 Å². The largest absolute Gasteiger partial charge is 0.394 e. The van der Waals surface area contributed by atoms with Gasteiger partial charge >= 0.3 is 0 Å². The molecule has 2 N–H and O–H groups in total. The highest BCUT2D eigenvalue weighted by atomic mass is 32.2. The SMILES string of the molecule is CC(C)C[C@@H](CO)NC(=O)[C@@H]1CCCN(S(=O)(=O)c2ccc(N3CCCC3=O)cc2)C1. The van der Waals surface area contributed by atoms with E-state index in [1.807, 2.05) is 13.8 Å². The quantitative estimate of drug-likeness (QED) is 0.626. The summed E-state index contributed by atoms with van der Waals surface area (Å²) in [4.78, 5) is 26.4. The molecule has 0 unspecified atom stereocenters. The van der Waals surface area contributed by atoms with Crippen LogP contribution in [0.25, 0.3) is 0 Å². The first-order chi connectivity index (χ1) is 14.7. The minimum Gasteiger partial charge on any atom is -0.394 e. The molecule has 8 nitrogen and oxygen atoms in total. The Labute approximate surface area is 184 Å². The monoisotopic (exact) mass is 451 g/mol. The van der Waals surface area contributed by atoms with E-state index in [1.54, 1.807) is 17.0 Å². The molecule has 0 radical (unpaired) electrons. The number of nitrogens with one attached hydrogen (secondary N) is 1. The first-order valence-electron chi connectivity index (χ1n) is 11.0. The molecule has 0 aromatic heterocycles. The van der Waals surface area contributed by atoms with E-state index >= 15 is 0 Å². The van der Waals surface area contributed by atoms with Crippen molar-refractivity contribution < 1.29 is 23.1 Å². The van der Waals surface area contributed by atoms with Crippen molar-refractivity contribution in [3.05, 3.63) is 24.3 Å². The van der Waals surface area contributed by atoms with Crippen LogP contribution in [0.2, 0.25) is 0 Å². The Kier molecular flexibility index (Phi) is 7.72. The van der Waals surface area contributed by atoms with E-state index in [1.165, 1.54) is 16.4 Å². The summed E-state index contributed by atoms with van der Waals surface area (Å²) in [5, 5.41) is 12.4. The van der Waals surface area contributed by atoms with Crippen molar-refractivity contribution >= 4 is 27.5 Å². The van der Waals surface area contributed by atoms with Crippen molar-refractivity contribution in [2.45, 2.75) is 56.9 Å². The van der Waals surface area contributed by atoms with Crippen LogP contribution in [0.5, 0.6) is 0 Å². The molecule has 2 aliphatic rings. The fourth-order valence-corrected chi connectivity index (χ4v) is 5.83. The summed E-state index contributed by atoms with van der Waals surface area (Å²) in [6, 6.07) is 6.08. The van der Waals surface area contributed by atoms with Crippen molar-refractivity contribution in [3.8, 4) is 0 Å². The Bertz CT molecular complexity index is 885. The van der Waals surface area contributed by atoms with Gasteiger partial charge in [0.25, 0.3) is 0 Å². The van der Waals surface area contributed by atoms with Gasteiger partial charge in [-0.25, -0.2) is 8.42 Å². The van der Waals surface area contributed by atoms with E-state index in [4.69, 9.17) is 0 Å². The van der Waals surface area contributed by atoms with E-state index in [2.05, 4.69) is 5.32 Å². The molecule has 2 fully saturated rings. The molecule has 0 aliphatic carbocycles. The van der Waals surface area contributed by atoms with E-state index in [-0.39, 0.29) is 35.9 Å². The van der Waals surface area contributed by atoms with Crippen LogP contribution >= 0.6 is 0 Å². The Morgan fingerprint density at radius 2 is 1.90 bits per heavy atom. The van der Waals surface area contributed by atoms with E-state index < -0.39 is 15.9 Å². The topological polar surface area (TPSA) is 107 Å². The molecule has 0 spiro atoms. The number of aliphatic hydroxyl groups excluding tert-OH is 1. The minimum absolute atomic E-state index is 0.0548. The smallest absolute Gasteiger partial charge is 0.243 e.